The zero-order chi connectivity index (χ0) is 17.6. The molecule has 1 saturated heterocycles. The molecule has 2 heterocycles. The van der Waals surface area contributed by atoms with Crippen LogP contribution in [0.15, 0.2) is 24.3 Å². The molecule has 25 heavy (non-hydrogen) atoms. The minimum absolute atomic E-state index is 0.00788. The maximum Gasteiger partial charge on any atom is 0.223 e. The van der Waals surface area contributed by atoms with Crippen LogP contribution in [0.25, 0.3) is 11.4 Å². The lowest BCUT2D eigenvalue weighted by molar-refractivity contribution is -0.126. The van der Waals surface area contributed by atoms with Crippen LogP contribution in [0.3, 0.4) is 0 Å². The molecular formula is C18H20FN5O. The van der Waals surface area contributed by atoms with Crippen LogP contribution in [0, 0.1) is 24.1 Å². The monoisotopic (exact) mass is 341 g/mol. The Balaban J connectivity index is 1.50. The molecule has 1 aromatic heterocycles. The number of carbonyl (C=O) groups excluding carboxylic acids is 1. The molecule has 0 spiro atoms. The smallest absolute Gasteiger partial charge is 0.223 e. The second-order valence-electron chi connectivity index (χ2n) is 6.08. The maximum atomic E-state index is 13.0. The van der Waals surface area contributed by atoms with Crippen LogP contribution < -0.4 is 5.32 Å². The molecule has 1 fully saturated rings. The predicted molar refractivity (Wildman–Crippen MR) is 91.6 cm³/mol. The van der Waals surface area contributed by atoms with Crippen molar-refractivity contribution in [1.82, 2.24) is 25.4 Å². The number of carbonyl (C=O) groups is 1. The summed E-state index contributed by atoms with van der Waals surface area (Å²) >= 11 is 0. The number of nitrogens with one attached hydrogen (secondary N) is 2. The number of rotatable bonds is 5. The molecule has 0 bridgehead atoms. The summed E-state index contributed by atoms with van der Waals surface area (Å²) in [5, 5.41) is 9.80. The molecule has 1 aliphatic rings. The molecule has 6 nitrogen and oxygen atoms in total. The highest BCUT2D eigenvalue weighted by atomic mass is 19.1. The molecule has 2 aromatic rings. The van der Waals surface area contributed by atoms with Crippen LogP contribution in [-0.4, -0.2) is 45.6 Å². The molecule has 0 unspecified atom stereocenters. The van der Waals surface area contributed by atoms with Gasteiger partial charge in [-0.2, -0.15) is 5.10 Å². The van der Waals surface area contributed by atoms with Gasteiger partial charge in [-0.1, -0.05) is 5.92 Å². The minimum Gasteiger partial charge on any atom is -0.349 e. The number of hydrogen-bond acceptors (Lipinski definition) is 4. The van der Waals surface area contributed by atoms with Crippen molar-refractivity contribution < 1.29 is 9.18 Å². The van der Waals surface area contributed by atoms with E-state index in [-0.39, 0.29) is 24.2 Å². The first-order valence-corrected chi connectivity index (χ1v) is 8.26. The van der Waals surface area contributed by atoms with Crippen LogP contribution in [0.2, 0.25) is 0 Å². The molecule has 2 N–H and O–H groups in total. The summed E-state index contributed by atoms with van der Waals surface area (Å²) in [4.78, 5) is 18.8. The number of likely N-dealkylation sites (tertiary alicyclic amines) is 1. The van der Waals surface area contributed by atoms with E-state index in [0.717, 1.165) is 31.5 Å². The van der Waals surface area contributed by atoms with E-state index in [9.17, 15) is 9.18 Å². The molecule has 1 amide bonds. The van der Waals surface area contributed by atoms with Gasteiger partial charge in [-0.05, 0) is 50.2 Å². The molecule has 1 aromatic carbocycles. The fourth-order valence-corrected chi connectivity index (χ4v) is 2.90. The second-order valence-corrected chi connectivity index (χ2v) is 6.08. The molecule has 3 rings (SSSR count). The van der Waals surface area contributed by atoms with Crippen molar-refractivity contribution in [2.75, 3.05) is 19.6 Å². The van der Waals surface area contributed by atoms with Crippen molar-refractivity contribution in [1.29, 1.82) is 0 Å². The lowest BCUT2D eigenvalue weighted by Crippen LogP contribution is -2.40. The summed E-state index contributed by atoms with van der Waals surface area (Å²) in [5.41, 5.74) is 0.719. The molecule has 130 valence electrons. The highest BCUT2D eigenvalue weighted by Gasteiger charge is 2.24. The van der Waals surface area contributed by atoms with Crippen molar-refractivity contribution in [2.45, 2.75) is 19.4 Å². The largest absolute Gasteiger partial charge is 0.349 e. The first kappa shape index (κ1) is 17.1. The molecule has 0 radical (unpaired) electrons. The topological polar surface area (TPSA) is 73.9 Å². The number of hydrogen-bond donors (Lipinski definition) is 2. The number of aromatic amines is 1. The minimum atomic E-state index is -0.305. The number of amides is 1. The summed E-state index contributed by atoms with van der Waals surface area (Å²) in [6, 6.07) is 5.95. The van der Waals surface area contributed by atoms with Gasteiger partial charge in [-0.15, -0.1) is 6.42 Å². The Morgan fingerprint density at radius 1 is 1.36 bits per heavy atom. The van der Waals surface area contributed by atoms with Crippen molar-refractivity contribution in [3.8, 4) is 23.7 Å². The Bertz CT molecular complexity index is 757. The molecule has 0 saturated carbocycles. The summed E-state index contributed by atoms with van der Waals surface area (Å²) in [6.45, 7) is 2.62. The fourth-order valence-electron chi connectivity index (χ4n) is 2.90. The van der Waals surface area contributed by atoms with E-state index < -0.39 is 0 Å². The summed E-state index contributed by atoms with van der Waals surface area (Å²) in [6.07, 6.45) is 6.93. The molecule has 0 aliphatic carbocycles. The van der Waals surface area contributed by atoms with Gasteiger partial charge < -0.3 is 5.32 Å². The first-order chi connectivity index (χ1) is 12.2. The SMILES string of the molecule is C#CCN1CCC(C(=O)NCc2nc(-c3ccc(F)cc3)n[nH]2)CC1. The van der Waals surface area contributed by atoms with Gasteiger partial charge in [-0.3, -0.25) is 14.8 Å². The third kappa shape index (κ3) is 4.43. The van der Waals surface area contributed by atoms with E-state index in [2.05, 4.69) is 31.3 Å². The van der Waals surface area contributed by atoms with E-state index in [4.69, 9.17) is 6.42 Å². The van der Waals surface area contributed by atoms with Gasteiger partial charge in [-0.25, -0.2) is 9.37 Å². The average Bonchev–Trinajstić information content (AvgIpc) is 3.10. The summed E-state index contributed by atoms with van der Waals surface area (Å²) in [7, 11) is 0. The zero-order valence-corrected chi connectivity index (χ0v) is 13.8. The van der Waals surface area contributed by atoms with Crippen LogP contribution in [0.4, 0.5) is 4.39 Å². The Hall–Kier alpha value is -2.72. The van der Waals surface area contributed by atoms with Crippen LogP contribution in [-0.2, 0) is 11.3 Å². The predicted octanol–water partition coefficient (Wildman–Crippen LogP) is 1.57. The number of piperidine rings is 1. The van der Waals surface area contributed by atoms with Gasteiger partial charge in [0.2, 0.25) is 5.91 Å². The van der Waals surface area contributed by atoms with Gasteiger partial charge in [0.15, 0.2) is 5.82 Å². The second kappa shape index (κ2) is 7.90. The van der Waals surface area contributed by atoms with Crippen LogP contribution in [0.1, 0.15) is 18.7 Å². The maximum absolute atomic E-state index is 13.0. The van der Waals surface area contributed by atoms with Gasteiger partial charge in [0.1, 0.15) is 11.6 Å². The van der Waals surface area contributed by atoms with E-state index in [0.29, 0.717) is 18.2 Å². The number of benzene rings is 1. The lowest BCUT2D eigenvalue weighted by Gasteiger charge is -2.29. The Morgan fingerprint density at radius 3 is 2.76 bits per heavy atom. The molecule has 0 atom stereocenters. The van der Waals surface area contributed by atoms with E-state index in [1.54, 1.807) is 12.1 Å². The van der Waals surface area contributed by atoms with Crippen molar-refractivity contribution in [3.05, 3.63) is 35.9 Å². The first-order valence-electron chi connectivity index (χ1n) is 8.26. The Kier molecular flexibility index (Phi) is 5.41. The summed E-state index contributed by atoms with van der Waals surface area (Å²) < 4.78 is 13.0. The lowest BCUT2D eigenvalue weighted by atomic mass is 9.96. The zero-order valence-electron chi connectivity index (χ0n) is 13.8. The molecular weight excluding hydrogens is 321 g/mol. The number of halogens is 1. The number of terminal acetylenes is 1. The summed E-state index contributed by atoms with van der Waals surface area (Å²) in [5.74, 6) is 3.41. The third-order valence-corrected chi connectivity index (χ3v) is 4.34. The molecule has 1 aliphatic heterocycles. The van der Waals surface area contributed by atoms with Gasteiger partial charge in [0.25, 0.3) is 0 Å². The number of aromatic nitrogens is 3. The third-order valence-electron chi connectivity index (χ3n) is 4.34. The average molecular weight is 341 g/mol. The van der Waals surface area contributed by atoms with Gasteiger partial charge in [0, 0.05) is 11.5 Å². The number of nitrogens with zero attached hydrogens (tertiary/aromatic N) is 3. The van der Waals surface area contributed by atoms with E-state index in [1.165, 1.54) is 12.1 Å². The van der Waals surface area contributed by atoms with E-state index >= 15 is 0 Å². The Morgan fingerprint density at radius 2 is 2.08 bits per heavy atom. The van der Waals surface area contributed by atoms with Crippen LogP contribution in [0.5, 0.6) is 0 Å². The fraction of sp³-hybridized carbons (Fsp3) is 0.389. The van der Waals surface area contributed by atoms with Gasteiger partial charge >= 0.3 is 0 Å². The van der Waals surface area contributed by atoms with Crippen molar-refractivity contribution in [2.24, 2.45) is 5.92 Å². The molecule has 7 heteroatoms. The quantitative estimate of drug-likeness (QED) is 0.810. The highest BCUT2D eigenvalue weighted by Crippen LogP contribution is 2.17. The van der Waals surface area contributed by atoms with Crippen LogP contribution >= 0.6 is 0 Å². The standard InChI is InChI=1S/C18H20FN5O/c1-2-9-24-10-7-14(8-11-24)18(25)20-12-16-21-17(23-22-16)13-3-5-15(19)6-4-13/h1,3-6,14H,7-12H2,(H,20,25)(H,21,22,23). The highest BCUT2D eigenvalue weighted by molar-refractivity contribution is 5.78. The van der Waals surface area contributed by atoms with Crippen molar-refractivity contribution in [3.63, 3.8) is 0 Å². The van der Waals surface area contributed by atoms with E-state index in [1.807, 2.05) is 0 Å². The van der Waals surface area contributed by atoms with Crippen molar-refractivity contribution >= 4 is 5.91 Å². The number of H-pyrrole nitrogens is 1. The Labute approximate surface area is 145 Å². The normalized spacial score (nSPS) is 15.7. The van der Waals surface area contributed by atoms with Gasteiger partial charge in [0.05, 0.1) is 13.1 Å².